The highest BCUT2D eigenvalue weighted by molar-refractivity contribution is 5.78. The van der Waals surface area contributed by atoms with E-state index in [0.717, 1.165) is 55.2 Å². The fraction of sp³-hybridized carbons (Fsp3) is 0.500. The third kappa shape index (κ3) is 4.92. The van der Waals surface area contributed by atoms with Gasteiger partial charge in [0.2, 0.25) is 5.91 Å². The SMILES string of the molecule is COc1cccc(-c2cncc([C@H]3CCCN(C(=O)CN4CCOCC4)C3)n2)c1. The van der Waals surface area contributed by atoms with E-state index in [4.69, 9.17) is 14.5 Å². The quantitative estimate of drug-likeness (QED) is 0.772. The molecule has 2 aliphatic heterocycles. The van der Waals surface area contributed by atoms with Crippen molar-refractivity contribution in [2.45, 2.75) is 18.8 Å². The molecular weight excluding hydrogens is 368 g/mol. The number of ether oxygens (including phenoxy) is 2. The van der Waals surface area contributed by atoms with Gasteiger partial charge in [0, 0.05) is 43.9 Å². The smallest absolute Gasteiger partial charge is 0.236 e. The molecule has 0 unspecified atom stereocenters. The molecule has 2 fully saturated rings. The molecule has 3 heterocycles. The van der Waals surface area contributed by atoms with Crippen LogP contribution in [0, 0.1) is 0 Å². The molecule has 0 saturated carbocycles. The molecule has 1 atom stereocenters. The number of rotatable bonds is 5. The third-order valence-corrected chi connectivity index (χ3v) is 5.67. The summed E-state index contributed by atoms with van der Waals surface area (Å²) >= 11 is 0. The molecule has 7 nitrogen and oxygen atoms in total. The average molecular weight is 396 g/mol. The zero-order chi connectivity index (χ0) is 20.1. The molecular formula is C22H28N4O3. The van der Waals surface area contributed by atoms with Crippen molar-refractivity contribution in [2.75, 3.05) is 53.0 Å². The molecule has 0 aliphatic carbocycles. The minimum absolute atomic E-state index is 0.202. The molecule has 0 bridgehead atoms. The first-order valence-electron chi connectivity index (χ1n) is 10.3. The van der Waals surface area contributed by atoms with Gasteiger partial charge in [-0.2, -0.15) is 0 Å². The number of benzene rings is 1. The molecule has 154 valence electrons. The van der Waals surface area contributed by atoms with Crippen molar-refractivity contribution >= 4 is 5.91 Å². The molecule has 0 radical (unpaired) electrons. The number of nitrogens with zero attached hydrogens (tertiary/aromatic N) is 4. The molecule has 2 aromatic rings. The van der Waals surface area contributed by atoms with Crippen LogP contribution in [-0.4, -0.2) is 78.7 Å². The molecule has 29 heavy (non-hydrogen) atoms. The molecule has 0 N–H and O–H groups in total. The molecule has 2 aliphatic rings. The van der Waals surface area contributed by atoms with Crippen LogP contribution >= 0.6 is 0 Å². The third-order valence-electron chi connectivity index (χ3n) is 5.67. The summed E-state index contributed by atoms with van der Waals surface area (Å²) in [5.74, 6) is 1.22. The lowest BCUT2D eigenvalue weighted by Gasteiger charge is -2.34. The maximum Gasteiger partial charge on any atom is 0.236 e. The lowest BCUT2D eigenvalue weighted by molar-refractivity contribution is -0.134. The summed E-state index contributed by atoms with van der Waals surface area (Å²) in [6.45, 7) is 5.09. The fourth-order valence-corrected chi connectivity index (χ4v) is 3.99. The Labute approximate surface area is 171 Å². The Balaban J connectivity index is 1.44. The van der Waals surface area contributed by atoms with Crippen molar-refractivity contribution in [2.24, 2.45) is 0 Å². The molecule has 0 spiro atoms. The number of morpholine rings is 1. The van der Waals surface area contributed by atoms with Gasteiger partial charge < -0.3 is 14.4 Å². The molecule has 1 amide bonds. The van der Waals surface area contributed by atoms with Gasteiger partial charge in [0.05, 0.1) is 44.5 Å². The second-order valence-electron chi connectivity index (χ2n) is 7.63. The van der Waals surface area contributed by atoms with Crippen LogP contribution in [0.3, 0.4) is 0 Å². The van der Waals surface area contributed by atoms with Crippen molar-refractivity contribution in [3.63, 3.8) is 0 Å². The minimum atomic E-state index is 0.202. The summed E-state index contributed by atoms with van der Waals surface area (Å²) in [6.07, 6.45) is 5.63. The number of piperidine rings is 1. The normalized spacial score (nSPS) is 20.4. The van der Waals surface area contributed by atoms with E-state index in [2.05, 4.69) is 9.88 Å². The van der Waals surface area contributed by atoms with Crippen molar-refractivity contribution in [3.05, 3.63) is 42.4 Å². The van der Waals surface area contributed by atoms with Crippen molar-refractivity contribution in [1.29, 1.82) is 0 Å². The van der Waals surface area contributed by atoms with Gasteiger partial charge in [-0.1, -0.05) is 12.1 Å². The maximum absolute atomic E-state index is 12.8. The predicted molar refractivity (Wildman–Crippen MR) is 110 cm³/mol. The lowest BCUT2D eigenvalue weighted by atomic mass is 9.94. The van der Waals surface area contributed by atoms with Gasteiger partial charge in [0.25, 0.3) is 0 Å². The standard InChI is InChI=1S/C22H28N4O3/c1-28-19-6-2-4-17(12-19)20-13-23-14-21(24-20)18-5-3-7-26(15-18)22(27)16-25-8-10-29-11-9-25/h2,4,6,12-14,18H,3,5,7-11,15-16H2,1H3/t18-/m0/s1. The Bertz CT molecular complexity index is 838. The van der Waals surface area contributed by atoms with E-state index in [-0.39, 0.29) is 11.8 Å². The monoisotopic (exact) mass is 396 g/mol. The Morgan fingerprint density at radius 3 is 2.93 bits per heavy atom. The van der Waals surface area contributed by atoms with E-state index >= 15 is 0 Å². The van der Waals surface area contributed by atoms with Gasteiger partial charge in [0.1, 0.15) is 5.75 Å². The van der Waals surface area contributed by atoms with Gasteiger partial charge >= 0.3 is 0 Å². The molecule has 7 heteroatoms. The first-order valence-corrected chi connectivity index (χ1v) is 10.3. The van der Waals surface area contributed by atoms with Gasteiger partial charge in [-0.25, -0.2) is 4.98 Å². The summed E-state index contributed by atoms with van der Waals surface area (Å²) in [6, 6.07) is 7.84. The number of aromatic nitrogens is 2. The zero-order valence-corrected chi connectivity index (χ0v) is 16.9. The Kier molecular flexibility index (Phi) is 6.36. The van der Waals surface area contributed by atoms with Crippen LogP contribution in [0.1, 0.15) is 24.5 Å². The van der Waals surface area contributed by atoms with E-state index in [1.54, 1.807) is 13.3 Å². The Morgan fingerprint density at radius 2 is 2.10 bits per heavy atom. The number of carbonyl (C=O) groups excluding carboxylic acids is 1. The summed E-state index contributed by atoms with van der Waals surface area (Å²) in [4.78, 5) is 26.3. The first kappa shape index (κ1) is 19.8. The topological polar surface area (TPSA) is 67.8 Å². The van der Waals surface area contributed by atoms with Crippen LogP contribution in [0.5, 0.6) is 5.75 Å². The van der Waals surface area contributed by atoms with Crippen LogP contribution < -0.4 is 4.74 Å². The van der Waals surface area contributed by atoms with Crippen molar-refractivity contribution < 1.29 is 14.3 Å². The van der Waals surface area contributed by atoms with E-state index < -0.39 is 0 Å². The number of hydrogen-bond donors (Lipinski definition) is 0. The van der Waals surface area contributed by atoms with Gasteiger partial charge in [-0.05, 0) is 25.0 Å². The second kappa shape index (κ2) is 9.33. The second-order valence-corrected chi connectivity index (χ2v) is 7.63. The molecule has 1 aromatic heterocycles. The summed E-state index contributed by atoms with van der Waals surface area (Å²) in [5, 5.41) is 0. The number of methoxy groups -OCH3 is 1. The number of hydrogen-bond acceptors (Lipinski definition) is 6. The van der Waals surface area contributed by atoms with E-state index in [1.165, 1.54) is 0 Å². The Morgan fingerprint density at radius 1 is 1.24 bits per heavy atom. The maximum atomic E-state index is 12.8. The molecule has 2 saturated heterocycles. The number of likely N-dealkylation sites (tertiary alicyclic amines) is 1. The van der Waals surface area contributed by atoms with E-state index in [1.807, 2.05) is 35.4 Å². The van der Waals surface area contributed by atoms with E-state index in [0.29, 0.717) is 26.3 Å². The number of amides is 1. The van der Waals surface area contributed by atoms with E-state index in [9.17, 15) is 4.79 Å². The van der Waals surface area contributed by atoms with Crippen LogP contribution in [0.25, 0.3) is 11.3 Å². The lowest BCUT2D eigenvalue weighted by Crippen LogP contribution is -2.47. The van der Waals surface area contributed by atoms with Gasteiger partial charge in [-0.3, -0.25) is 14.7 Å². The average Bonchev–Trinajstić information content (AvgIpc) is 2.80. The first-order chi connectivity index (χ1) is 14.2. The predicted octanol–water partition coefficient (Wildman–Crippen LogP) is 2.19. The van der Waals surface area contributed by atoms with Crippen LogP contribution in [0.2, 0.25) is 0 Å². The fourth-order valence-electron chi connectivity index (χ4n) is 3.99. The highest BCUT2D eigenvalue weighted by Crippen LogP contribution is 2.28. The largest absolute Gasteiger partial charge is 0.497 e. The molecule has 4 rings (SSSR count). The van der Waals surface area contributed by atoms with Gasteiger partial charge in [-0.15, -0.1) is 0 Å². The summed E-state index contributed by atoms with van der Waals surface area (Å²) in [7, 11) is 1.66. The van der Waals surface area contributed by atoms with Crippen LogP contribution in [-0.2, 0) is 9.53 Å². The molecule has 1 aromatic carbocycles. The minimum Gasteiger partial charge on any atom is -0.497 e. The highest BCUT2D eigenvalue weighted by atomic mass is 16.5. The van der Waals surface area contributed by atoms with Crippen molar-refractivity contribution in [1.82, 2.24) is 19.8 Å². The van der Waals surface area contributed by atoms with Crippen molar-refractivity contribution in [3.8, 4) is 17.0 Å². The zero-order valence-electron chi connectivity index (χ0n) is 16.9. The van der Waals surface area contributed by atoms with Crippen LogP contribution in [0.4, 0.5) is 0 Å². The summed E-state index contributed by atoms with van der Waals surface area (Å²) < 4.78 is 10.7. The van der Waals surface area contributed by atoms with Gasteiger partial charge in [0.15, 0.2) is 0 Å². The summed E-state index contributed by atoms with van der Waals surface area (Å²) in [5.41, 5.74) is 2.77. The highest BCUT2D eigenvalue weighted by Gasteiger charge is 2.27. The number of carbonyl (C=O) groups is 1. The Hall–Kier alpha value is -2.51. The van der Waals surface area contributed by atoms with Crippen LogP contribution in [0.15, 0.2) is 36.7 Å².